The highest BCUT2D eigenvalue weighted by atomic mass is 19.4. The molecule has 0 spiro atoms. The molecule has 0 saturated carbocycles. The van der Waals surface area contributed by atoms with Crippen molar-refractivity contribution in [1.29, 1.82) is 0 Å². The van der Waals surface area contributed by atoms with E-state index in [1.807, 2.05) is 6.07 Å². The van der Waals surface area contributed by atoms with Gasteiger partial charge in [0.25, 0.3) is 5.91 Å². The minimum absolute atomic E-state index is 0.0911. The van der Waals surface area contributed by atoms with Gasteiger partial charge in [-0.3, -0.25) is 25.4 Å². The Bertz CT molecular complexity index is 986. The lowest BCUT2D eigenvalue weighted by molar-refractivity contribution is -0.147. The lowest BCUT2D eigenvalue weighted by atomic mass is 10.1. The van der Waals surface area contributed by atoms with E-state index in [9.17, 15) is 22.8 Å². The largest absolute Gasteiger partial charge is 0.449 e. The molecule has 0 saturated heterocycles. The number of pyridine rings is 1. The molecule has 2 amide bonds. The van der Waals surface area contributed by atoms with Gasteiger partial charge in [-0.2, -0.15) is 13.2 Å². The number of para-hydroxylation sites is 2. The van der Waals surface area contributed by atoms with Crippen molar-refractivity contribution >= 4 is 22.8 Å². The first-order valence-electron chi connectivity index (χ1n) is 8.33. The molecule has 0 unspecified atom stereocenters. The average Bonchev–Trinajstić information content (AvgIpc) is 3.04. The Kier molecular flexibility index (Phi) is 5.57. The van der Waals surface area contributed by atoms with Crippen molar-refractivity contribution in [3.63, 3.8) is 0 Å². The normalized spacial score (nSPS) is 11.4. The second-order valence-electron chi connectivity index (χ2n) is 5.97. The fourth-order valence-corrected chi connectivity index (χ4v) is 2.64. The van der Waals surface area contributed by atoms with E-state index < -0.39 is 30.4 Å². The number of fused-ring (bicyclic) bond motifs is 1. The summed E-state index contributed by atoms with van der Waals surface area (Å²) >= 11 is 0. The van der Waals surface area contributed by atoms with E-state index in [4.69, 9.17) is 0 Å². The van der Waals surface area contributed by atoms with Crippen molar-refractivity contribution < 1.29 is 22.8 Å². The quantitative estimate of drug-likeness (QED) is 0.653. The summed E-state index contributed by atoms with van der Waals surface area (Å²) in [4.78, 5) is 31.4. The number of carbonyl (C=O) groups excluding carboxylic acids is 2. The Morgan fingerprint density at radius 3 is 2.50 bits per heavy atom. The number of nitrogens with one attached hydrogen (secondary N) is 2. The number of imidazole rings is 1. The molecule has 0 aliphatic heterocycles. The maximum absolute atomic E-state index is 13.2. The average molecular weight is 391 g/mol. The van der Waals surface area contributed by atoms with Crippen LogP contribution in [0.25, 0.3) is 11.0 Å². The summed E-state index contributed by atoms with van der Waals surface area (Å²) in [5.41, 5.74) is 5.48. The number of carbonyl (C=O) groups is 2. The highest BCUT2D eigenvalue weighted by Crippen LogP contribution is 2.31. The third kappa shape index (κ3) is 4.64. The van der Waals surface area contributed by atoms with Crippen LogP contribution in [-0.2, 0) is 28.7 Å². The molecular weight excluding hydrogens is 375 g/mol. The number of hydrogen-bond donors (Lipinski definition) is 2. The number of amides is 2. The van der Waals surface area contributed by atoms with Gasteiger partial charge < -0.3 is 4.57 Å². The number of benzene rings is 1. The predicted molar refractivity (Wildman–Crippen MR) is 93.6 cm³/mol. The van der Waals surface area contributed by atoms with Gasteiger partial charge in [0.2, 0.25) is 11.7 Å². The van der Waals surface area contributed by atoms with Crippen molar-refractivity contribution in [3.05, 3.63) is 60.2 Å². The first-order valence-corrected chi connectivity index (χ1v) is 8.33. The molecule has 10 heteroatoms. The number of rotatable bonds is 5. The van der Waals surface area contributed by atoms with Gasteiger partial charge >= 0.3 is 6.18 Å². The Labute approximate surface area is 157 Å². The molecule has 0 radical (unpaired) electrons. The number of hydrogen-bond acceptors (Lipinski definition) is 4. The maximum atomic E-state index is 13.2. The minimum Gasteiger partial charge on any atom is -0.311 e. The van der Waals surface area contributed by atoms with Gasteiger partial charge in [0.15, 0.2) is 0 Å². The van der Waals surface area contributed by atoms with Crippen LogP contribution in [0.15, 0.2) is 48.8 Å². The molecule has 0 bridgehead atoms. The first kappa shape index (κ1) is 19.3. The predicted octanol–water partition coefficient (Wildman–Crippen LogP) is 2.23. The number of halogens is 3. The zero-order valence-corrected chi connectivity index (χ0v) is 14.5. The van der Waals surface area contributed by atoms with Crippen LogP contribution in [0.2, 0.25) is 0 Å². The van der Waals surface area contributed by atoms with Crippen LogP contribution in [0, 0.1) is 0 Å². The Morgan fingerprint density at radius 2 is 1.79 bits per heavy atom. The summed E-state index contributed by atoms with van der Waals surface area (Å²) in [6.07, 6.45) is -0.979. The zero-order valence-electron chi connectivity index (χ0n) is 14.5. The molecule has 0 fully saturated rings. The number of alkyl halides is 3. The molecule has 7 nitrogen and oxygen atoms in total. The van der Waals surface area contributed by atoms with Crippen molar-refractivity contribution in [1.82, 2.24) is 25.4 Å². The van der Waals surface area contributed by atoms with Gasteiger partial charge in [-0.25, -0.2) is 4.98 Å². The van der Waals surface area contributed by atoms with Crippen molar-refractivity contribution in [2.45, 2.75) is 25.6 Å². The van der Waals surface area contributed by atoms with E-state index in [0.29, 0.717) is 6.42 Å². The molecule has 2 aromatic heterocycles. The highest BCUT2D eigenvalue weighted by Gasteiger charge is 2.38. The third-order valence-electron chi connectivity index (χ3n) is 3.91. The number of hydrazine groups is 1. The number of aromatic nitrogens is 3. The Balaban J connectivity index is 1.61. The fourth-order valence-electron chi connectivity index (χ4n) is 2.64. The minimum atomic E-state index is -4.72. The molecule has 2 heterocycles. The highest BCUT2D eigenvalue weighted by molar-refractivity contribution is 5.84. The molecule has 0 atom stereocenters. The number of aryl methyl sites for hydroxylation is 1. The van der Waals surface area contributed by atoms with E-state index in [2.05, 4.69) is 20.8 Å². The number of nitrogens with zero attached hydrogens (tertiary/aromatic N) is 3. The van der Waals surface area contributed by atoms with Crippen molar-refractivity contribution in [2.24, 2.45) is 0 Å². The molecular formula is C18H16F3N5O2. The Hall–Kier alpha value is -3.43. The van der Waals surface area contributed by atoms with Gasteiger partial charge in [0, 0.05) is 18.8 Å². The second kappa shape index (κ2) is 8.07. The molecule has 1 aromatic carbocycles. The molecule has 0 aliphatic carbocycles. The van der Waals surface area contributed by atoms with E-state index in [1.54, 1.807) is 30.6 Å². The van der Waals surface area contributed by atoms with Crippen LogP contribution < -0.4 is 10.9 Å². The van der Waals surface area contributed by atoms with E-state index >= 15 is 0 Å². The summed E-state index contributed by atoms with van der Waals surface area (Å²) in [5, 5.41) is 0. The SMILES string of the molecule is O=C(CCc1cccnc1)NNC(=O)Cn1c(C(F)(F)F)nc2ccccc21. The molecule has 0 aliphatic rings. The smallest absolute Gasteiger partial charge is 0.311 e. The van der Waals surface area contributed by atoms with Crippen LogP contribution in [0.5, 0.6) is 0 Å². The molecule has 3 rings (SSSR count). The zero-order chi connectivity index (χ0) is 20.1. The molecule has 3 aromatic rings. The lowest BCUT2D eigenvalue weighted by Crippen LogP contribution is -2.43. The monoisotopic (exact) mass is 391 g/mol. The summed E-state index contributed by atoms with van der Waals surface area (Å²) in [6, 6.07) is 9.53. The summed E-state index contributed by atoms with van der Waals surface area (Å²) in [7, 11) is 0. The molecule has 146 valence electrons. The van der Waals surface area contributed by atoms with Crippen LogP contribution in [0.3, 0.4) is 0 Å². The van der Waals surface area contributed by atoms with Crippen molar-refractivity contribution in [3.8, 4) is 0 Å². The van der Waals surface area contributed by atoms with Gasteiger partial charge in [0.1, 0.15) is 6.54 Å². The van der Waals surface area contributed by atoms with E-state index in [1.165, 1.54) is 12.1 Å². The van der Waals surface area contributed by atoms with Crippen LogP contribution in [0.1, 0.15) is 17.8 Å². The van der Waals surface area contributed by atoms with Gasteiger partial charge in [-0.1, -0.05) is 18.2 Å². The van der Waals surface area contributed by atoms with Gasteiger partial charge in [-0.05, 0) is 30.2 Å². The third-order valence-corrected chi connectivity index (χ3v) is 3.91. The lowest BCUT2D eigenvalue weighted by Gasteiger charge is -2.12. The molecule has 28 heavy (non-hydrogen) atoms. The van der Waals surface area contributed by atoms with E-state index in [-0.39, 0.29) is 17.5 Å². The van der Waals surface area contributed by atoms with Crippen LogP contribution >= 0.6 is 0 Å². The summed E-state index contributed by atoms with van der Waals surface area (Å²) in [6.45, 7) is -0.641. The van der Waals surface area contributed by atoms with Crippen molar-refractivity contribution in [2.75, 3.05) is 0 Å². The van der Waals surface area contributed by atoms with Gasteiger partial charge in [-0.15, -0.1) is 0 Å². The summed E-state index contributed by atoms with van der Waals surface area (Å²) in [5.74, 6) is -2.45. The van der Waals surface area contributed by atoms with Crippen LogP contribution in [0.4, 0.5) is 13.2 Å². The first-order chi connectivity index (χ1) is 13.3. The molecule has 2 N–H and O–H groups in total. The van der Waals surface area contributed by atoms with Gasteiger partial charge in [0.05, 0.1) is 11.0 Å². The summed E-state index contributed by atoms with van der Waals surface area (Å²) < 4.78 is 40.4. The second-order valence-corrected chi connectivity index (χ2v) is 5.97. The van der Waals surface area contributed by atoms with E-state index in [0.717, 1.165) is 10.1 Å². The Morgan fingerprint density at radius 1 is 1.04 bits per heavy atom. The fraction of sp³-hybridized carbons (Fsp3) is 0.222. The topological polar surface area (TPSA) is 88.9 Å². The standard InChI is InChI=1S/C18H16F3N5O2/c19-18(20,21)17-23-13-5-1-2-6-14(13)26(17)11-16(28)25-24-15(27)8-7-12-4-3-9-22-10-12/h1-6,9-10H,7-8,11H2,(H,24,27)(H,25,28). The van der Waals surface area contributed by atoms with Crippen LogP contribution in [-0.4, -0.2) is 26.3 Å². The maximum Gasteiger partial charge on any atom is 0.449 e.